The molecular weight excluding hydrogens is 608 g/mol. The van der Waals surface area contributed by atoms with Crippen LogP contribution >= 0.6 is 0 Å². The van der Waals surface area contributed by atoms with Crippen molar-refractivity contribution in [1.29, 1.82) is 0 Å². The Morgan fingerprint density at radius 2 is 1.30 bits per heavy atom. The van der Waals surface area contributed by atoms with Crippen LogP contribution in [0.5, 0.6) is 0 Å². The summed E-state index contributed by atoms with van der Waals surface area (Å²) in [6, 6.07) is 0. The maximum Gasteiger partial charge on any atom is 0.187 e. The topological polar surface area (TPSA) is 179 Å². The minimum Gasteiger partial charge on any atom is -0.394 e. The third kappa shape index (κ3) is 10.1. The molecule has 0 aromatic rings. The largest absolute Gasteiger partial charge is 0.394 e. The van der Waals surface area contributed by atoms with Gasteiger partial charge in [0.15, 0.2) is 12.6 Å². The van der Waals surface area contributed by atoms with Gasteiger partial charge in [-0.05, 0) is 83.3 Å². The molecule has 0 saturated carbocycles. The molecule has 0 aromatic heterocycles. The Bertz CT molecular complexity index is 1180. The second-order valence-corrected chi connectivity index (χ2v) is 13.8. The van der Waals surface area contributed by atoms with Crippen LogP contribution in [0.3, 0.4) is 0 Å². The second-order valence-electron chi connectivity index (χ2n) is 13.8. The molecule has 0 spiro atoms. The number of aliphatic hydroxyl groups is 7. The number of hydrogen-bond donors (Lipinski definition) is 7. The molecule has 3 aliphatic rings. The van der Waals surface area contributed by atoms with Gasteiger partial charge in [-0.3, -0.25) is 0 Å². The Kier molecular flexibility index (Phi) is 15.0. The van der Waals surface area contributed by atoms with Crippen molar-refractivity contribution in [3.63, 3.8) is 0 Å². The van der Waals surface area contributed by atoms with E-state index >= 15 is 0 Å². The fourth-order valence-corrected chi connectivity index (χ4v) is 6.34. The molecule has 0 bridgehead atoms. The molecule has 3 rings (SSSR count). The fraction of sp³-hybridized carbons (Fsp3) is 0.722. The van der Waals surface area contributed by atoms with Crippen LogP contribution in [-0.2, 0) is 18.9 Å². The maximum atomic E-state index is 10.8. The predicted molar refractivity (Wildman–Crippen MR) is 177 cm³/mol. The van der Waals surface area contributed by atoms with E-state index in [0.29, 0.717) is 0 Å². The average Bonchev–Trinajstić information content (AvgIpc) is 3.03. The van der Waals surface area contributed by atoms with E-state index < -0.39 is 74.6 Å². The highest BCUT2D eigenvalue weighted by molar-refractivity contribution is 5.40. The highest BCUT2D eigenvalue weighted by atomic mass is 16.7. The molecule has 10 atom stereocenters. The van der Waals surface area contributed by atoms with Crippen molar-refractivity contribution in [3.8, 4) is 0 Å². The first-order valence-corrected chi connectivity index (χ1v) is 16.7. The molecule has 2 aliphatic heterocycles. The van der Waals surface area contributed by atoms with Gasteiger partial charge in [-0.25, -0.2) is 0 Å². The lowest BCUT2D eigenvalue weighted by molar-refractivity contribution is -0.358. The zero-order chi connectivity index (χ0) is 35.1. The van der Waals surface area contributed by atoms with E-state index in [1.807, 2.05) is 19.9 Å². The molecule has 2 unspecified atom stereocenters. The number of unbranched alkanes of at least 4 members (excludes halogenated alkanes) is 1. The van der Waals surface area contributed by atoms with Gasteiger partial charge in [0.1, 0.15) is 48.8 Å². The zero-order valence-corrected chi connectivity index (χ0v) is 29.0. The average molecular weight is 667 g/mol. The highest BCUT2D eigenvalue weighted by Crippen LogP contribution is 2.41. The van der Waals surface area contributed by atoms with E-state index in [1.54, 1.807) is 0 Å². The van der Waals surface area contributed by atoms with Crippen molar-refractivity contribution in [2.45, 2.75) is 142 Å². The van der Waals surface area contributed by atoms with Gasteiger partial charge in [0.25, 0.3) is 0 Å². The van der Waals surface area contributed by atoms with Gasteiger partial charge in [-0.1, -0.05) is 60.4 Å². The molecule has 268 valence electrons. The van der Waals surface area contributed by atoms with Crippen molar-refractivity contribution in [1.82, 2.24) is 0 Å². The van der Waals surface area contributed by atoms with Crippen LogP contribution in [0.25, 0.3) is 0 Å². The molecule has 47 heavy (non-hydrogen) atoms. The van der Waals surface area contributed by atoms with E-state index in [4.69, 9.17) is 18.9 Å². The lowest BCUT2D eigenvalue weighted by atomic mass is 9.72. The first kappa shape index (κ1) is 39.7. The summed E-state index contributed by atoms with van der Waals surface area (Å²) in [4.78, 5) is 0. The van der Waals surface area contributed by atoms with Gasteiger partial charge in [-0.2, -0.15) is 0 Å². The summed E-state index contributed by atoms with van der Waals surface area (Å²) in [7, 11) is 0. The fourth-order valence-electron chi connectivity index (χ4n) is 6.34. The van der Waals surface area contributed by atoms with Gasteiger partial charge in [0.2, 0.25) is 0 Å². The summed E-state index contributed by atoms with van der Waals surface area (Å²) >= 11 is 0. The van der Waals surface area contributed by atoms with Gasteiger partial charge in [-0.15, -0.1) is 0 Å². The Balaban J connectivity index is 1.52. The molecule has 7 N–H and O–H groups in total. The summed E-state index contributed by atoms with van der Waals surface area (Å²) in [5, 5.41) is 71.1. The van der Waals surface area contributed by atoms with Gasteiger partial charge in [0, 0.05) is 0 Å². The standard InChI is InChI=1S/C36H58O11/c1-20(11-8-9-12-21(2)24(5)17-25-23(4)13-10-15-36(25,6)7)22(3)14-16-44-34-32(43)30(41)33(27(19-38)46-34)47-35-31(42)29(40)28(39)26(18-37)45-35/h11-12,14,17,26-35,37-43H,8-10,13,15-16,18-19H2,1-7H3/t26-,27-,28-,29+,30-,31-,32-,33-,34?,35?/m1/s1. The summed E-state index contributed by atoms with van der Waals surface area (Å²) in [5.41, 5.74) is 7.84. The molecule has 11 nitrogen and oxygen atoms in total. The Morgan fingerprint density at radius 3 is 1.89 bits per heavy atom. The van der Waals surface area contributed by atoms with Crippen LogP contribution in [-0.4, -0.2) is 117 Å². The number of allylic oxidation sites excluding steroid dienone is 9. The van der Waals surface area contributed by atoms with E-state index in [-0.39, 0.29) is 12.0 Å². The molecule has 2 saturated heterocycles. The summed E-state index contributed by atoms with van der Waals surface area (Å²) in [5.74, 6) is 0. The summed E-state index contributed by atoms with van der Waals surface area (Å²) in [6.07, 6.45) is -0.741. The quantitative estimate of drug-likeness (QED) is 0.114. The smallest absolute Gasteiger partial charge is 0.187 e. The molecule has 11 heteroatoms. The maximum absolute atomic E-state index is 10.8. The molecule has 0 amide bonds. The van der Waals surface area contributed by atoms with Gasteiger partial charge in [0.05, 0.1) is 19.8 Å². The van der Waals surface area contributed by atoms with E-state index in [0.717, 1.165) is 24.0 Å². The van der Waals surface area contributed by atoms with Crippen molar-refractivity contribution in [2.75, 3.05) is 19.8 Å². The monoisotopic (exact) mass is 666 g/mol. The van der Waals surface area contributed by atoms with Crippen LogP contribution in [0.15, 0.2) is 57.7 Å². The zero-order valence-electron chi connectivity index (χ0n) is 29.0. The lowest BCUT2D eigenvalue weighted by Gasteiger charge is -2.45. The Hall–Kier alpha value is -1.74. The number of ether oxygens (including phenoxy) is 4. The summed E-state index contributed by atoms with van der Waals surface area (Å²) in [6.45, 7) is 14.0. The van der Waals surface area contributed by atoms with E-state index in [9.17, 15) is 35.7 Å². The molecule has 0 aromatic carbocycles. The summed E-state index contributed by atoms with van der Waals surface area (Å²) < 4.78 is 22.3. The first-order valence-electron chi connectivity index (χ1n) is 16.7. The molecule has 1 aliphatic carbocycles. The van der Waals surface area contributed by atoms with Crippen LogP contribution in [0, 0.1) is 5.41 Å². The van der Waals surface area contributed by atoms with Crippen molar-refractivity contribution >= 4 is 0 Å². The van der Waals surface area contributed by atoms with Gasteiger partial charge < -0.3 is 54.7 Å². The third-order valence-electron chi connectivity index (χ3n) is 9.83. The minimum atomic E-state index is -1.73. The number of aliphatic hydroxyl groups excluding tert-OH is 7. The lowest BCUT2D eigenvalue weighted by Crippen LogP contribution is -2.64. The third-order valence-corrected chi connectivity index (χ3v) is 9.83. The predicted octanol–water partition coefficient (Wildman–Crippen LogP) is 2.72. The van der Waals surface area contributed by atoms with E-state index in [2.05, 4.69) is 52.8 Å². The van der Waals surface area contributed by atoms with Crippen molar-refractivity contribution in [3.05, 3.63) is 57.7 Å². The molecule has 0 radical (unpaired) electrons. The number of hydrogen-bond acceptors (Lipinski definition) is 11. The van der Waals surface area contributed by atoms with Crippen LogP contribution in [0.2, 0.25) is 0 Å². The van der Waals surface area contributed by atoms with Crippen molar-refractivity contribution in [2.24, 2.45) is 5.41 Å². The molecule has 2 heterocycles. The van der Waals surface area contributed by atoms with E-state index in [1.165, 1.54) is 41.6 Å². The Morgan fingerprint density at radius 1 is 0.745 bits per heavy atom. The van der Waals surface area contributed by atoms with Gasteiger partial charge >= 0.3 is 0 Å². The van der Waals surface area contributed by atoms with Crippen molar-refractivity contribution < 1.29 is 54.7 Å². The highest BCUT2D eigenvalue weighted by Gasteiger charge is 2.50. The van der Waals surface area contributed by atoms with Crippen LogP contribution in [0.4, 0.5) is 0 Å². The molecular formula is C36H58O11. The Labute approximate surface area is 279 Å². The van der Waals surface area contributed by atoms with Crippen LogP contribution in [0.1, 0.15) is 80.6 Å². The normalized spacial score (nSPS) is 36.2. The minimum absolute atomic E-state index is 0.0659. The molecule has 2 fully saturated rings. The number of rotatable bonds is 13. The second kappa shape index (κ2) is 17.8. The first-order chi connectivity index (χ1) is 22.1. The van der Waals surface area contributed by atoms with Crippen LogP contribution < -0.4 is 0 Å². The SMILES string of the molecule is CC(=CCCC=C(C)C(C)=CC1=C(C)CCCC1(C)C)C(C)=CCOC1O[C@H](CO)[C@@H](OC2O[C@H](CO)[C@@H](O)[C@H](O)[C@H]2O)[C@H](O)[C@H]1O.